The highest BCUT2D eigenvalue weighted by Gasteiger charge is 2.24. The van der Waals surface area contributed by atoms with Gasteiger partial charge in [0.25, 0.3) is 0 Å². The molecule has 2 rings (SSSR count). The minimum Gasteiger partial charge on any atom is -0.345 e. The minimum absolute atomic E-state index is 0.0972. The fraction of sp³-hybridized carbons (Fsp3) is 0.643. The van der Waals surface area contributed by atoms with Crippen molar-refractivity contribution in [2.24, 2.45) is 0 Å². The molecule has 0 spiro atoms. The summed E-state index contributed by atoms with van der Waals surface area (Å²) in [7, 11) is 0. The minimum atomic E-state index is -0.0972. The molecule has 1 atom stereocenters. The predicted molar refractivity (Wildman–Crippen MR) is 74.1 cm³/mol. The molecule has 1 unspecified atom stereocenters. The molecule has 1 aliphatic carbocycles. The molecule has 1 fully saturated rings. The van der Waals surface area contributed by atoms with Gasteiger partial charge in [0.15, 0.2) is 5.78 Å². The lowest BCUT2D eigenvalue weighted by atomic mass is 10.1. The Morgan fingerprint density at radius 2 is 2.00 bits per heavy atom. The number of ketones is 1. The first kappa shape index (κ1) is 12.9. The van der Waals surface area contributed by atoms with Gasteiger partial charge in [-0.25, -0.2) is 0 Å². The van der Waals surface area contributed by atoms with Crippen LogP contribution in [0.25, 0.3) is 0 Å². The highest BCUT2D eigenvalue weighted by atomic mass is 79.9. The molecule has 1 aliphatic rings. The lowest BCUT2D eigenvalue weighted by Gasteiger charge is -2.17. The second-order valence-corrected chi connectivity index (χ2v) is 6.45. The van der Waals surface area contributed by atoms with Crippen LogP contribution in [0.5, 0.6) is 0 Å². The molecule has 0 amide bonds. The summed E-state index contributed by atoms with van der Waals surface area (Å²) in [5.74, 6) is 0.197. The quantitative estimate of drug-likeness (QED) is 0.606. The standard InChI is InChI=1S/C14H20BrNO/c1-9-8-13(14(17)10(2)15)11(3)16(9)12-6-4-5-7-12/h8,10,12H,4-7H2,1-3H3. The van der Waals surface area contributed by atoms with Crippen molar-refractivity contribution in [2.45, 2.75) is 57.3 Å². The van der Waals surface area contributed by atoms with Crippen LogP contribution in [0.3, 0.4) is 0 Å². The van der Waals surface area contributed by atoms with Crippen molar-refractivity contribution in [3.63, 3.8) is 0 Å². The summed E-state index contributed by atoms with van der Waals surface area (Å²) in [4.78, 5) is 12.0. The van der Waals surface area contributed by atoms with Crippen molar-refractivity contribution in [3.8, 4) is 0 Å². The van der Waals surface area contributed by atoms with Crippen LogP contribution >= 0.6 is 15.9 Å². The van der Waals surface area contributed by atoms with Gasteiger partial charge in [0.05, 0.1) is 4.83 Å². The van der Waals surface area contributed by atoms with E-state index in [-0.39, 0.29) is 10.6 Å². The van der Waals surface area contributed by atoms with Gasteiger partial charge in [0.1, 0.15) is 0 Å². The number of aryl methyl sites for hydroxylation is 1. The molecule has 0 aliphatic heterocycles. The Balaban J connectivity index is 2.38. The van der Waals surface area contributed by atoms with Crippen LogP contribution in [0, 0.1) is 13.8 Å². The first-order chi connectivity index (χ1) is 8.02. The van der Waals surface area contributed by atoms with Gasteiger partial charge in [-0.2, -0.15) is 0 Å². The van der Waals surface area contributed by atoms with Crippen LogP contribution in [0.4, 0.5) is 0 Å². The Hall–Kier alpha value is -0.570. The normalized spacial score (nSPS) is 18.6. The molecule has 3 heteroatoms. The SMILES string of the molecule is Cc1cc(C(=O)C(C)Br)c(C)n1C1CCCC1. The maximum absolute atomic E-state index is 12.1. The molecule has 1 heterocycles. The number of carbonyl (C=O) groups excluding carboxylic acids is 1. The molecule has 0 aromatic carbocycles. The third-order valence-corrected chi connectivity index (χ3v) is 4.22. The Kier molecular flexibility index (Phi) is 3.76. The molecular formula is C14H20BrNO. The summed E-state index contributed by atoms with van der Waals surface area (Å²) in [6.07, 6.45) is 5.15. The number of halogens is 1. The van der Waals surface area contributed by atoms with E-state index in [4.69, 9.17) is 0 Å². The summed E-state index contributed by atoms with van der Waals surface area (Å²) in [5, 5.41) is 0. The highest BCUT2D eigenvalue weighted by Crippen LogP contribution is 2.33. The summed E-state index contributed by atoms with van der Waals surface area (Å²) in [6.45, 7) is 6.08. The Morgan fingerprint density at radius 1 is 1.41 bits per heavy atom. The Labute approximate surface area is 112 Å². The Bertz CT molecular complexity index is 428. The average Bonchev–Trinajstić information content (AvgIpc) is 2.85. The van der Waals surface area contributed by atoms with E-state index >= 15 is 0 Å². The first-order valence-corrected chi connectivity index (χ1v) is 7.30. The molecule has 17 heavy (non-hydrogen) atoms. The predicted octanol–water partition coefficient (Wildman–Crippen LogP) is 4.19. The Morgan fingerprint density at radius 3 is 2.53 bits per heavy atom. The van der Waals surface area contributed by atoms with Crippen molar-refractivity contribution in [2.75, 3.05) is 0 Å². The fourth-order valence-electron chi connectivity index (χ4n) is 2.97. The first-order valence-electron chi connectivity index (χ1n) is 6.39. The van der Waals surface area contributed by atoms with E-state index in [1.54, 1.807) is 0 Å². The fourth-order valence-corrected chi connectivity index (χ4v) is 3.21. The van der Waals surface area contributed by atoms with Crippen LogP contribution < -0.4 is 0 Å². The largest absolute Gasteiger partial charge is 0.345 e. The van der Waals surface area contributed by atoms with Crippen LogP contribution in [-0.2, 0) is 0 Å². The van der Waals surface area contributed by atoms with Crippen LogP contribution in [-0.4, -0.2) is 15.2 Å². The molecule has 94 valence electrons. The van der Waals surface area contributed by atoms with Crippen LogP contribution in [0.15, 0.2) is 6.07 Å². The molecule has 0 N–H and O–H groups in total. The zero-order valence-electron chi connectivity index (χ0n) is 10.8. The van der Waals surface area contributed by atoms with E-state index in [9.17, 15) is 4.79 Å². The van der Waals surface area contributed by atoms with Gasteiger partial charge >= 0.3 is 0 Å². The number of carbonyl (C=O) groups is 1. The molecule has 0 saturated heterocycles. The van der Waals surface area contributed by atoms with Gasteiger partial charge in [-0.05, 0) is 39.7 Å². The molecular weight excluding hydrogens is 278 g/mol. The number of hydrogen-bond acceptors (Lipinski definition) is 1. The molecule has 0 radical (unpaired) electrons. The number of Topliss-reactive ketones (excluding diaryl/α,β-unsaturated/α-hetero) is 1. The molecule has 1 aromatic heterocycles. The third-order valence-electron chi connectivity index (χ3n) is 3.80. The monoisotopic (exact) mass is 297 g/mol. The van der Waals surface area contributed by atoms with Gasteiger partial charge in [0.2, 0.25) is 0 Å². The topological polar surface area (TPSA) is 22.0 Å². The van der Waals surface area contributed by atoms with E-state index in [2.05, 4.69) is 34.3 Å². The third kappa shape index (κ3) is 2.35. The number of nitrogens with zero attached hydrogens (tertiary/aromatic N) is 1. The lowest BCUT2D eigenvalue weighted by molar-refractivity contribution is 0.0995. The zero-order valence-corrected chi connectivity index (χ0v) is 12.4. The van der Waals surface area contributed by atoms with Crippen molar-refractivity contribution < 1.29 is 4.79 Å². The lowest BCUT2D eigenvalue weighted by Crippen LogP contribution is -2.13. The number of alkyl halides is 1. The zero-order chi connectivity index (χ0) is 12.6. The summed E-state index contributed by atoms with van der Waals surface area (Å²) in [5.41, 5.74) is 3.26. The van der Waals surface area contributed by atoms with E-state index in [0.29, 0.717) is 6.04 Å². The van der Waals surface area contributed by atoms with Gasteiger partial charge in [0, 0.05) is 23.0 Å². The molecule has 1 aromatic rings. The maximum atomic E-state index is 12.1. The maximum Gasteiger partial charge on any atom is 0.177 e. The van der Waals surface area contributed by atoms with Gasteiger partial charge in [-0.3, -0.25) is 4.79 Å². The van der Waals surface area contributed by atoms with Crippen molar-refractivity contribution >= 4 is 21.7 Å². The van der Waals surface area contributed by atoms with Crippen molar-refractivity contribution in [1.29, 1.82) is 0 Å². The number of hydrogen-bond donors (Lipinski definition) is 0. The van der Waals surface area contributed by atoms with E-state index in [1.165, 1.54) is 31.4 Å². The summed E-state index contributed by atoms with van der Waals surface area (Å²) < 4.78 is 2.37. The highest BCUT2D eigenvalue weighted by molar-refractivity contribution is 9.10. The van der Waals surface area contributed by atoms with Gasteiger partial charge in [-0.1, -0.05) is 28.8 Å². The van der Waals surface area contributed by atoms with E-state index in [0.717, 1.165) is 11.3 Å². The molecule has 1 saturated carbocycles. The van der Waals surface area contributed by atoms with Gasteiger partial charge in [-0.15, -0.1) is 0 Å². The average molecular weight is 298 g/mol. The summed E-state index contributed by atoms with van der Waals surface area (Å²) >= 11 is 3.37. The van der Waals surface area contributed by atoms with Crippen molar-refractivity contribution in [3.05, 3.63) is 23.0 Å². The summed E-state index contributed by atoms with van der Waals surface area (Å²) in [6, 6.07) is 2.66. The molecule has 0 bridgehead atoms. The smallest absolute Gasteiger partial charge is 0.177 e. The van der Waals surface area contributed by atoms with Crippen molar-refractivity contribution in [1.82, 2.24) is 4.57 Å². The molecule has 2 nitrogen and oxygen atoms in total. The number of rotatable bonds is 3. The second-order valence-electron chi connectivity index (χ2n) is 5.07. The van der Waals surface area contributed by atoms with E-state index < -0.39 is 0 Å². The van der Waals surface area contributed by atoms with Crippen LogP contribution in [0.2, 0.25) is 0 Å². The second kappa shape index (κ2) is 4.97. The van der Waals surface area contributed by atoms with Gasteiger partial charge < -0.3 is 4.57 Å². The van der Waals surface area contributed by atoms with Crippen LogP contribution in [0.1, 0.15) is 60.4 Å². The number of aromatic nitrogens is 1. The van der Waals surface area contributed by atoms with E-state index in [1.807, 2.05) is 13.0 Å².